The van der Waals surface area contributed by atoms with Gasteiger partial charge in [-0.15, -0.1) is 0 Å². The third-order valence-electron chi connectivity index (χ3n) is 5.34. The highest BCUT2D eigenvalue weighted by Gasteiger charge is 2.41. The molecule has 1 amide bonds. The van der Waals surface area contributed by atoms with Crippen molar-refractivity contribution < 1.29 is 9.18 Å². The molecule has 3 rings (SSSR count). The molecule has 2 nitrogen and oxygen atoms in total. The summed E-state index contributed by atoms with van der Waals surface area (Å²) in [6.07, 6.45) is 6.50. The Morgan fingerprint density at radius 3 is 2.91 bits per heavy atom. The van der Waals surface area contributed by atoms with Crippen molar-refractivity contribution in [2.75, 3.05) is 6.54 Å². The average Bonchev–Trinajstić information content (AvgIpc) is 2.90. The van der Waals surface area contributed by atoms with Crippen molar-refractivity contribution in [1.29, 1.82) is 0 Å². The van der Waals surface area contributed by atoms with Crippen LogP contribution >= 0.6 is 11.6 Å². The van der Waals surface area contributed by atoms with Crippen molar-refractivity contribution in [3.8, 4) is 0 Å². The Labute approximate surface area is 136 Å². The first-order valence-electron chi connectivity index (χ1n) is 8.23. The smallest absolute Gasteiger partial charge is 0.223 e. The third kappa shape index (κ3) is 3.01. The molecule has 1 aliphatic heterocycles. The predicted octanol–water partition coefficient (Wildman–Crippen LogP) is 4.59. The Morgan fingerprint density at radius 2 is 2.23 bits per heavy atom. The molecule has 1 heterocycles. The molecule has 0 spiro atoms. The number of hydrogen-bond acceptors (Lipinski definition) is 1. The molecule has 0 aromatic heterocycles. The van der Waals surface area contributed by atoms with Gasteiger partial charge in [-0.1, -0.05) is 24.1 Å². The highest BCUT2D eigenvalue weighted by atomic mass is 35.5. The molecule has 2 unspecified atom stereocenters. The third-order valence-corrected chi connectivity index (χ3v) is 5.69. The van der Waals surface area contributed by atoms with Crippen LogP contribution in [0.25, 0.3) is 0 Å². The van der Waals surface area contributed by atoms with Crippen molar-refractivity contribution >= 4 is 17.5 Å². The molecular weight excluding hydrogens is 301 g/mol. The van der Waals surface area contributed by atoms with Crippen molar-refractivity contribution in [3.05, 3.63) is 34.6 Å². The van der Waals surface area contributed by atoms with E-state index in [1.165, 1.54) is 6.07 Å². The van der Waals surface area contributed by atoms with E-state index in [0.29, 0.717) is 29.3 Å². The van der Waals surface area contributed by atoms with Crippen molar-refractivity contribution in [2.45, 2.75) is 57.4 Å². The van der Waals surface area contributed by atoms with Gasteiger partial charge in [-0.05, 0) is 57.1 Å². The number of benzene rings is 1. The lowest BCUT2D eigenvalue weighted by molar-refractivity contribution is -0.134. The van der Waals surface area contributed by atoms with Crippen LogP contribution in [0.4, 0.5) is 4.39 Å². The zero-order chi connectivity index (χ0) is 15.7. The maximum Gasteiger partial charge on any atom is 0.223 e. The topological polar surface area (TPSA) is 20.3 Å². The molecule has 1 aromatic carbocycles. The van der Waals surface area contributed by atoms with Crippen LogP contribution in [-0.2, 0) is 11.2 Å². The van der Waals surface area contributed by atoms with Crippen LogP contribution < -0.4 is 0 Å². The van der Waals surface area contributed by atoms with Crippen LogP contribution in [0, 0.1) is 11.7 Å². The lowest BCUT2D eigenvalue weighted by Gasteiger charge is -2.45. The molecule has 1 aliphatic carbocycles. The van der Waals surface area contributed by atoms with Crippen molar-refractivity contribution in [1.82, 2.24) is 4.90 Å². The lowest BCUT2D eigenvalue weighted by atomic mass is 9.73. The maximum absolute atomic E-state index is 14.0. The first-order chi connectivity index (χ1) is 10.5. The van der Waals surface area contributed by atoms with Crippen LogP contribution in [-0.4, -0.2) is 22.9 Å². The van der Waals surface area contributed by atoms with E-state index in [2.05, 4.69) is 11.8 Å². The Bertz CT molecular complexity index is 556. The lowest BCUT2D eigenvalue weighted by Crippen LogP contribution is -2.50. The second kappa shape index (κ2) is 6.19. The van der Waals surface area contributed by atoms with Crippen molar-refractivity contribution in [2.24, 2.45) is 5.92 Å². The van der Waals surface area contributed by atoms with E-state index < -0.39 is 0 Å². The van der Waals surface area contributed by atoms with Crippen LogP contribution in [0.5, 0.6) is 0 Å². The van der Waals surface area contributed by atoms with E-state index in [9.17, 15) is 9.18 Å². The molecule has 4 heteroatoms. The van der Waals surface area contributed by atoms with Gasteiger partial charge in [0.15, 0.2) is 0 Å². The number of halogens is 2. The normalized spacial score (nSPS) is 29.1. The minimum absolute atomic E-state index is 0.0613. The highest BCUT2D eigenvalue weighted by Crippen LogP contribution is 2.40. The van der Waals surface area contributed by atoms with E-state index in [1.807, 2.05) is 0 Å². The SMILES string of the molecule is CC1(N2CCCC2=O)CCCC(Cc2c(F)cccc2Cl)C1. The molecule has 2 aliphatic rings. The summed E-state index contributed by atoms with van der Waals surface area (Å²) >= 11 is 6.17. The first kappa shape index (κ1) is 15.8. The monoisotopic (exact) mass is 323 g/mol. The van der Waals surface area contributed by atoms with Gasteiger partial charge in [0.2, 0.25) is 5.91 Å². The van der Waals surface area contributed by atoms with Crippen LogP contribution in [0.3, 0.4) is 0 Å². The number of carbonyl (C=O) groups is 1. The molecule has 1 saturated carbocycles. The Kier molecular flexibility index (Phi) is 4.44. The second-order valence-electron chi connectivity index (χ2n) is 7.01. The molecule has 2 fully saturated rings. The quantitative estimate of drug-likeness (QED) is 0.796. The fourth-order valence-electron chi connectivity index (χ4n) is 4.25. The summed E-state index contributed by atoms with van der Waals surface area (Å²) in [6.45, 7) is 3.08. The average molecular weight is 324 g/mol. The summed E-state index contributed by atoms with van der Waals surface area (Å²) in [5.74, 6) is 0.464. The van der Waals surface area contributed by atoms with Crippen LogP contribution in [0.2, 0.25) is 5.02 Å². The van der Waals surface area contributed by atoms with Gasteiger partial charge in [-0.3, -0.25) is 4.79 Å². The molecule has 22 heavy (non-hydrogen) atoms. The van der Waals surface area contributed by atoms with Gasteiger partial charge >= 0.3 is 0 Å². The fraction of sp³-hybridized carbons (Fsp3) is 0.611. The van der Waals surface area contributed by atoms with Gasteiger partial charge < -0.3 is 4.90 Å². The number of carbonyl (C=O) groups excluding carboxylic acids is 1. The number of nitrogens with zero attached hydrogens (tertiary/aromatic N) is 1. The van der Waals surface area contributed by atoms with E-state index in [1.54, 1.807) is 12.1 Å². The van der Waals surface area contributed by atoms with E-state index in [4.69, 9.17) is 11.6 Å². The summed E-state index contributed by atoms with van der Waals surface area (Å²) in [5, 5.41) is 0.518. The molecule has 0 bridgehead atoms. The number of likely N-dealkylation sites (tertiary alicyclic amines) is 1. The maximum atomic E-state index is 14.0. The Balaban J connectivity index is 1.74. The first-order valence-corrected chi connectivity index (χ1v) is 8.61. The zero-order valence-electron chi connectivity index (χ0n) is 13.1. The van der Waals surface area contributed by atoms with E-state index >= 15 is 0 Å². The predicted molar refractivity (Wildman–Crippen MR) is 86.4 cm³/mol. The molecule has 0 radical (unpaired) electrons. The number of amides is 1. The molecule has 120 valence electrons. The summed E-state index contributed by atoms with van der Waals surface area (Å²) in [7, 11) is 0. The van der Waals surface area contributed by atoms with Gasteiger partial charge in [0.1, 0.15) is 5.82 Å². The molecule has 1 saturated heterocycles. The largest absolute Gasteiger partial charge is 0.337 e. The van der Waals surface area contributed by atoms with Gasteiger partial charge in [0.05, 0.1) is 0 Å². The minimum Gasteiger partial charge on any atom is -0.337 e. The fourth-order valence-corrected chi connectivity index (χ4v) is 4.49. The number of hydrogen-bond donors (Lipinski definition) is 0. The molecule has 0 N–H and O–H groups in total. The van der Waals surface area contributed by atoms with Crippen LogP contribution in [0.15, 0.2) is 18.2 Å². The molecular formula is C18H23ClFNO. The van der Waals surface area contributed by atoms with Gasteiger partial charge in [0.25, 0.3) is 0 Å². The standard InChI is InChI=1S/C18H23ClFNO/c1-18(21-10-4-8-17(21)22)9-3-5-13(12-18)11-14-15(19)6-2-7-16(14)20/h2,6-7,13H,3-5,8-12H2,1H3. The summed E-state index contributed by atoms with van der Waals surface area (Å²) in [5.41, 5.74) is 0.569. The van der Waals surface area contributed by atoms with Gasteiger partial charge in [-0.25, -0.2) is 4.39 Å². The summed E-state index contributed by atoms with van der Waals surface area (Å²) < 4.78 is 14.0. The summed E-state index contributed by atoms with van der Waals surface area (Å²) in [4.78, 5) is 14.2. The molecule has 2 atom stereocenters. The summed E-state index contributed by atoms with van der Waals surface area (Å²) in [6, 6.07) is 4.88. The van der Waals surface area contributed by atoms with Crippen molar-refractivity contribution in [3.63, 3.8) is 0 Å². The van der Waals surface area contributed by atoms with Crippen LogP contribution in [0.1, 0.15) is 51.0 Å². The highest BCUT2D eigenvalue weighted by molar-refractivity contribution is 6.31. The Morgan fingerprint density at radius 1 is 1.41 bits per heavy atom. The zero-order valence-corrected chi connectivity index (χ0v) is 13.8. The Hall–Kier alpha value is -1.09. The van der Waals surface area contributed by atoms with Gasteiger partial charge in [-0.2, -0.15) is 0 Å². The minimum atomic E-state index is -0.211. The van der Waals surface area contributed by atoms with E-state index in [-0.39, 0.29) is 17.3 Å². The number of rotatable bonds is 3. The molecule has 1 aromatic rings. The second-order valence-corrected chi connectivity index (χ2v) is 7.42. The van der Waals surface area contributed by atoms with E-state index in [0.717, 1.165) is 38.6 Å². The van der Waals surface area contributed by atoms with Gasteiger partial charge in [0, 0.05) is 29.1 Å².